The first-order chi connectivity index (χ1) is 7.54. The fourth-order valence-electron chi connectivity index (χ4n) is 0.991. The Bertz CT molecular complexity index is 416. The number of halogens is 1. The van der Waals surface area contributed by atoms with E-state index in [4.69, 9.17) is 9.84 Å². The molecule has 0 radical (unpaired) electrons. The maximum absolute atomic E-state index is 10.9. The van der Waals surface area contributed by atoms with Crippen LogP contribution in [0, 0.1) is 0 Å². The van der Waals surface area contributed by atoms with Gasteiger partial charge in [-0.15, -0.1) is 0 Å². The normalized spacial score (nSPS) is 9.62. The Morgan fingerprint density at radius 2 is 2.12 bits per heavy atom. The minimum Gasteiger partial charge on any atom is -0.481 e. The summed E-state index contributed by atoms with van der Waals surface area (Å²) in [5.74, 6) is -1.57. The van der Waals surface area contributed by atoms with Crippen molar-refractivity contribution in [3.63, 3.8) is 0 Å². The third-order valence-corrected chi connectivity index (χ3v) is 2.24. The lowest BCUT2D eigenvalue weighted by Crippen LogP contribution is -2.14. The average Bonchev–Trinajstić information content (AvgIpc) is 2.26. The van der Waals surface area contributed by atoms with Crippen LogP contribution in [0.15, 0.2) is 22.7 Å². The second kappa shape index (κ2) is 5.50. The van der Waals surface area contributed by atoms with E-state index in [1.165, 1.54) is 19.2 Å². The largest absolute Gasteiger partial charge is 0.481 e. The number of hydrogen-bond acceptors (Lipinski definition) is 4. The molecule has 5 nitrogen and oxygen atoms in total. The summed E-state index contributed by atoms with van der Waals surface area (Å²) in [6, 6.07) is 4.49. The number of carbonyl (C=O) groups is 2. The summed E-state index contributed by atoms with van der Waals surface area (Å²) in [7, 11) is 1.23. The van der Waals surface area contributed by atoms with Crippen LogP contribution in [0.25, 0.3) is 0 Å². The van der Waals surface area contributed by atoms with Gasteiger partial charge in [-0.2, -0.15) is 0 Å². The van der Waals surface area contributed by atoms with Crippen LogP contribution in [0.5, 0.6) is 5.75 Å². The molecule has 6 heteroatoms. The molecule has 0 aliphatic heterocycles. The highest BCUT2D eigenvalue weighted by molar-refractivity contribution is 9.10. The van der Waals surface area contributed by atoms with Crippen LogP contribution in [0.2, 0.25) is 0 Å². The molecule has 16 heavy (non-hydrogen) atoms. The lowest BCUT2D eigenvalue weighted by molar-refractivity contribution is -0.142. The fourth-order valence-corrected chi connectivity index (χ4v) is 1.35. The van der Waals surface area contributed by atoms with Crippen LogP contribution >= 0.6 is 15.9 Å². The molecule has 1 N–H and O–H groups in total. The summed E-state index contributed by atoms with van der Waals surface area (Å²) >= 11 is 3.15. The Morgan fingerprint density at radius 3 is 2.69 bits per heavy atom. The summed E-state index contributed by atoms with van der Waals surface area (Å²) < 4.78 is 10.0. The molecular formula is C10H9BrO5. The van der Waals surface area contributed by atoms with Gasteiger partial charge in [0.25, 0.3) is 0 Å². The van der Waals surface area contributed by atoms with E-state index in [1.54, 1.807) is 6.07 Å². The molecule has 0 aliphatic rings. The number of benzene rings is 1. The molecule has 0 saturated heterocycles. The molecule has 0 unspecified atom stereocenters. The van der Waals surface area contributed by atoms with Gasteiger partial charge in [0, 0.05) is 4.47 Å². The fraction of sp³-hybridized carbons (Fsp3) is 0.200. The van der Waals surface area contributed by atoms with Crippen molar-refractivity contribution in [2.75, 3.05) is 13.7 Å². The molecule has 0 aliphatic carbocycles. The minimum atomic E-state index is -1.12. The van der Waals surface area contributed by atoms with Crippen LogP contribution in [-0.4, -0.2) is 30.8 Å². The van der Waals surface area contributed by atoms with Gasteiger partial charge in [0.15, 0.2) is 6.61 Å². The number of hydrogen-bond donors (Lipinski definition) is 1. The van der Waals surface area contributed by atoms with E-state index in [9.17, 15) is 9.59 Å². The van der Waals surface area contributed by atoms with Crippen LogP contribution in [0.3, 0.4) is 0 Å². The Hall–Kier alpha value is -1.56. The number of carboxylic acid groups (broad SMARTS) is 1. The van der Waals surface area contributed by atoms with Gasteiger partial charge in [-0.1, -0.05) is 15.9 Å². The van der Waals surface area contributed by atoms with E-state index in [0.29, 0.717) is 4.47 Å². The van der Waals surface area contributed by atoms with Crippen molar-refractivity contribution in [3.05, 3.63) is 28.2 Å². The van der Waals surface area contributed by atoms with E-state index >= 15 is 0 Å². The zero-order chi connectivity index (χ0) is 12.1. The lowest BCUT2D eigenvalue weighted by Gasteiger charge is -2.08. The van der Waals surface area contributed by atoms with E-state index in [-0.39, 0.29) is 17.9 Å². The second-order valence-electron chi connectivity index (χ2n) is 2.81. The minimum absolute atomic E-state index is 0.0155. The zero-order valence-electron chi connectivity index (χ0n) is 8.40. The van der Waals surface area contributed by atoms with Crippen molar-refractivity contribution in [3.8, 4) is 5.75 Å². The third-order valence-electron chi connectivity index (χ3n) is 1.75. The molecule has 0 bridgehead atoms. The third kappa shape index (κ3) is 3.23. The SMILES string of the molecule is COC(=O)COc1ccc(Br)cc1C(=O)O. The van der Waals surface area contributed by atoms with E-state index in [1.807, 2.05) is 0 Å². The molecule has 0 saturated carbocycles. The Labute approximate surface area is 100 Å². The molecule has 0 aromatic heterocycles. The number of esters is 1. The monoisotopic (exact) mass is 288 g/mol. The van der Waals surface area contributed by atoms with Crippen molar-refractivity contribution < 1.29 is 24.2 Å². The topological polar surface area (TPSA) is 72.8 Å². The van der Waals surface area contributed by atoms with Gasteiger partial charge in [0.2, 0.25) is 0 Å². The van der Waals surface area contributed by atoms with E-state index in [2.05, 4.69) is 20.7 Å². The predicted octanol–water partition coefficient (Wildman–Crippen LogP) is 1.70. The Kier molecular flexibility index (Phi) is 4.30. The molecule has 0 heterocycles. The van der Waals surface area contributed by atoms with Gasteiger partial charge in [-0.05, 0) is 18.2 Å². The smallest absolute Gasteiger partial charge is 0.343 e. The standard InChI is InChI=1S/C10H9BrO5/c1-15-9(12)5-16-8-3-2-6(11)4-7(8)10(13)14/h2-4H,5H2,1H3,(H,13,14). The lowest BCUT2D eigenvalue weighted by atomic mass is 10.2. The van der Waals surface area contributed by atoms with Crippen LogP contribution in [0.4, 0.5) is 0 Å². The summed E-state index contributed by atoms with van der Waals surface area (Å²) in [6.07, 6.45) is 0. The molecule has 0 amide bonds. The number of carbonyl (C=O) groups excluding carboxylic acids is 1. The maximum atomic E-state index is 10.9. The molecule has 1 rings (SSSR count). The number of aromatic carboxylic acids is 1. The van der Waals surface area contributed by atoms with Crippen molar-refractivity contribution >= 4 is 27.9 Å². The molecular weight excluding hydrogens is 280 g/mol. The van der Waals surface area contributed by atoms with Crippen molar-refractivity contribution in [2.45, 2.75) is 0 Å². The van der Waals surface area contributed by atoms with Crippen LogP contribution in [-0.2, 0) is 9.53 Å². The van der Waals surface area contributed by atoms with Gasteiger partial charge >= 0.3 is 11.9 Å². The van der Waals surface area contributed by atoms with Crippen molar-refractivity contribution in [1.29, 1.82) is 0 Å². The summed E-state index contributed by atoms with van der Waals surface area (Å²) in [5.41, 5.74) is -0.0155. The zero-order valence-corrected chi connectivity index (χ0v) is 9.98. The Balaban J connectivity index is 2.87. The summed E-state index contributed by atoms with van der Waals surface area (Å²) in [6.45, 7) is -0.321. The first kappa shape index (κ1) is 12.5. The van der Waals surface area contributed by atoms with Gasteiger partial charge in [0.05, 0.1) is 7.11 Å². The summed E-state index contributed by atoms with van der Waals surface area (Å²) in [5, 5.41) is 8.90. The molecule has 1 aromatic rings. The van der Waals surface area contributed by atoms with E-state index < -0.39 is 11.9 Å². The van der Waals surface area contributed by atoms with Crippen molar-refractivity contribution in [1.82, 2.24) is 0 Å². The van der Waals surface area contributed by atoms with Gasteiger partial charge in [-0.25, -0.2) is 9.59 Å². The number of rotatable bonds is 4. The Morgan fingerprint density at radius 1 is 1.44 bits per heavy atom. The van der Waals surface area contributed by atoms with Crippen molar-refractivity contribution in [2.24, 2.45) is 0 Å². The van der Waals surface area contributed by atoms with Gasteiger partial charge in [0.1, 0.15) is 11.3 Å². The van der Waals surface area contributed by atoms with Crippen LogP contribution < -0.4 is 4.74 Å². The molecule has 1 aromatic carbocycles. The molecule has 0 fully saturated rings. The molecule has 86 valence electrons. The first-order valence-corrected chi connectivity index (χ1v) is 5.06. The van der Waals surface area contributed by atoms with Gasteiger partial charge < -0.3 is 14.6 Å². The predicted molar refractivity (Wildman–Crippen MR) is 58.6 cm³/mol. The number of methoxy groups -OCH3 is 1. The second-order valence-corrected chi connectivity index (χ2v) is 3.73. The summed E-state index contributed by atoms with van der Waals surface area (Å²) in [4.78, 5) is 21.7. The van der Waals surface area contributed by atoms with Crippen LogP contribution in [0.1, 0.15) is 10.4 Å². The number of ether oxygens (including phenoxy) is 2. The number of carboxylic acids is 1. The first-order valence-electron chi connectivity index (χ1n) is 4.27. The van der Waals surface area contributed by atoms with E-state index in [0.717, 1.165) is 0 Å². The van der Waals surface area contributed by atoms with Gasteiger partial charge in [-0.3, -0.25) is 0 Å². The highest BCUT2D eigenvalue weighted by Gasteiger charge is 2.13. The average molecular weight is 289 g/mol. The highest BCUT2D eigenvalue weighted by Crippen LogP contribution is 2.23. The maximum Gasteiger partial charge on any atom is 0.343 e. The quantitative estimate of drug-likeness (QED) is 0.854. The highest BCUT2D eigenvalue weighted by atomic mass is 79.9. The molecule has 0 atom stereocenters. The molecule has 0 spiro atoms.